The first-order chi connectivity index (χ1) is 12.7. The molecule has 142 valence electrons. The number of rotatable bonds is 5. The molecule has 0 saturated heterocycles. The number of hydrogen-bond acceptors (Lipinski definition) is 3. The molecule has 2 heterocycles. The second-order valence-corrected chi connectivity index (χ2v) is 5.88. The van der Waals surface area contributed by atoms with Crippen molar-refractivity contribution in [2.24, 2.45) is 0 Å². The fourth-order valence-corrected chi connectivity index (χ4v) is 2.57. The van der Waals surface area contributed by atoms with Crippen molar-refractivity contribution >= 4 is 16.8 Å². The van der Waals surface area contributed by atoms with Gasteiger partial charge in [0.15, 0.2) is 6.61 Å². The molecular formula is C18H15F4N3O2. The Balaban J connectivity index is 1.69. The van der Waals surface area contributed by atoms with Gasteiger partial charge in [-0.1, -0.05) is 6.07 Å². The molecule has 0 saturated carbocycles. The lowest BCUT2D eigenvalue weighted by Gasteiger charge is -2.14. The lowest BCUT2D eigenvalue weighted by Crippen LogP contribution is -2.27. The van der Waals surface area contributed by atoms with Gasteiger partial charge in [-0.3, -0.25) is 9.78 Å². The third kappa shape index (κ3) is 4.36. The largest absolute Gasteiger partial charge is 0.483 e. The summed E-state index contributed by atoms with van der Waals surface area (Å²) < 4.78 is 55.0. The van der Waals surface area contributed by atoms with Crippen LogP contribution < -0.4 is 10.1 Å². The van der Waals surface area contributed by atoms with Crippen molar-refractivity contribution < 1.29 is 27.1 Å². The lowest BCUT2D eigenvalue weighted by molar-refractivity contribution is -0.153. The van der Waals surface area contributed by atoms with Crippen LogP contribution in [0.5, 0.6) is 5.75 Å². The van der Waals surface area contributed by atoms with Gasteiger partial charge in [0.2, 0.25) is 0 Å². The molecule has 3 rings (SSSR count). The molecule has 9 heteroatoms. The van der Waals surface area contributed by atoms with Crippen LogP contribution in [-0.2, 0) is 0 Å². The normalized spacial score (nSPS) is 12.8. The van der Waals surface area contributed by atoms with Crippen LogP contribution in [0.25, 0.3) is 10.9 Å². The van der Waals surface area contributed by atoms with Crippen molar-refractivity contribution in [1.29, 1.82) is 0 Å². The van der Waals surface area contributed by atoms with Crippen molar-refractivity contribution in [2.45, 2.75) is 19.1 Å². The molecule has 27 heavy (non-hydrogen) atoms. The summed E-state index contributed by atoms with van der Waals surface area (Å²) in [6.07, 6.45) is -1.87. The average molecular weight is 381 g/mol. The average Bonchev–Trinajstić information content (AvgIpc) is 3.05. The Labute approximate surface area is 151 Å². The van der Waals surface area contributed by atoms with Gasteiger partial charge in [-0.05, 0) is 31.2 Å². The van der Waals surface area contributed by atoms with Gasteiger partial charge in [-0.15, -0.1) is 0 Å². The topological polar surface area (TPSA) is 67.0 Å². The molecule has 5 nitrogen and oxygen atoms in total. The maximum absolute atomic E-state index is 14.0. The van der Waals surface area contributed by atoms with Crippen LogP contribution in [0.3, 0.4) is 0 Å². The van der Waals surface area contributed by atoms with Crippen LogP contribution in [0, 0.1) is 5.82 Å². The van der Waals surface area contributed by atoms with E-state index >= 15 is 0 Å². The highest BCUT2D eigenvalue weighted by Crippen LogP contribution is 2.23. The van der Waals surface area contributed by atoms with Crippen molar-refractivity contribution in [3.8, 4) is 5.75 Å². The van der Waals surface area contributed by atoms with Crippen molar-refractivity contribution in [3.05, 3.63) is 59.8 Å². The number of aromatic amines is 1. The zero-order valence-electron chi connectivity index (χ0n) is 14.1. The number of ether oxygens (including phenoxy) is 1. The molecule has 1 aromatic carbocycles. The van der Waals surface area contributed by atoms with Crippen LogP contribution >= 0.6 is 0 Å². The summed E-state index contributed by atoms with van der Waals surface area (Å²) in [6, 6.07) is 6.68. The number of pyridine rings is 1. The maximum atomic E-state index is 14.0. The highest BCUT2D eigenvalue weighted by molar-refractivity contribution is 6.07. The smallest absolute Gasteiger partial charge is 0.422 e. The number of aromatic nitrogens is 2. The molecule has 2 N–H and O–H groups in total. The number of nitrogens with one attached hydrogen (secondary N) is 2. The molecular weight excluding hydrogens is 366 g/mol. The third-order valence-corrected chi connectivity index (χ3v) is 3.85. The van der Waals surface area contributed by atoms with E-state index < -0.39 is 30.5 Å². The number of carbonyl (C=O) groups is 1. The summed E-state index contributed by atoms with van der Waals surface area (Å²) in [4.78, 5) is 19.3. The van der Waals surface area contributed by atoms with E-state index in [4.69, 9.17) is 0 Å². The first-order valence-corrected chi connectivity index (χ1v) is 7.96. The SMILES string of the molecule is C[C@@H](NC(=O)c1c[nH]c2cccc(F)c12)c1ccc(OCC(F)(F)F)cn1. The predicted octanol–water partition coefficient (Wildman–Crippen LogP) is 4.13. The summed E-state index contributed by atoms with van der Waals surface area (Å²) in [7, 11) is 0. The Kier molecular flexibility index (Phi) is 5.02. The molecule has 0 radical (unpaired) electrons. The Morgan fingerprint density at radius 3 is 2.74 bits per heavy atom. The van der Waals surface area contributed by atoms with E-state index in [0.29, 0.717) is 11.2 Å². The van der Waals surface area contributed by atoms with Gasteiger partial charge >= 0.3 is 6.18 Å². The van der Waals surface area contributed by atoms with Crippen LogP contribution in [0.1, 0.15) is 29.0 Å². The maximum Gasteiger partial charge on any atom is 0.422 e. The molecule has 0 aliphatic heterocycles. The molecule has 1 amide bonds. The first kappa shape index (κ1) is 18.7. The number of alkyl halides is 3. The van der Waals surface area contributed by atoms with Crippen LogP contribution in [0.15, 0.2) is 42.7 Å². The minimum Gasteiger partial charge on any atom is -0.483 e. The Bertz CT molecular complexity index is 951. The van der Waals surface area contributed by atoms with Crippen molar-refractivity contribution in [3.63, 3.8) is 0 Å². The molecule has 3 aromatic rings. The van der Waals surface area contributed by atoms with Crippen LogP contribution in [0.4, 0.5) is 17.6 Å². The molecule has 0 bridgehead atoms. The molecule has 0 aliphatic rings. The Morgan fingerprint density at radius 1 is 1.30 bits per heavy atom. The zero-order chi connectivity index (χ0) is 19.6. The van der Waals surface area contributed by atoms with E-state index in [1.165, 1.54) is 30.5 Å². The Hall–Kier alpha value is -3.10. The van der Waals surface area contributed by atoms with Gasteiger partial charge < -0.3 is 15.0 Å². The summed E-state index contributed by atoms with van der Waals surface area (Å²) in [5.41, 5.74) is 1.07. The van der Waals surface area contributed by atoms with Crippen LogP contribution in [0.2, 0.25) is 0 Å². The van der Waals surface area contributed by atoms with E-state index in [2.05, 4.69) is 20.0 Å². The van der Waals surface area contributed by atoms with E-state index in [-0.39, 0.29) is 16.7 Å². The number of H-pyrrole nitrogens is 1. The fraction of sp³-hybridized carbons (Fsp3) is 0.222. The van der Waals surface area contributed by atoms with Gasteiger partial charge in [-0.2, -0.15) is 13.2 Å². The van der Waals surface area contributed by atoms with E-state index in [9.17, 15) is 22.4 Å². The molecule has 0 unspecified atom stereocenters. The standard InChI is InChI=1S/C18H15F4N3O2/c1-10(14-6-5-11(7-23-14)27-9-18(20,21)22)25-17(26)12-8-24-15-4-2-3-13(19)16(12)15/h2-8,10,24H,9H2,1H3,(H,25,26)/t10-/m1/s1. The third-order valence-electron chi connectivity index (χ3n) is 3.85. The monoisotopic (exact) mass is 381 g/mol. The molecule has 1 atom stereocenters. The van der Waals surface area contributed by atoms with Gasteiger partial charge in [0.1, 0.15) is 11.6 Å². The highest BCUT2D eigenvalue weighted by atomic mass is 19.4. The molecule has 2 aromatic heterocycles. The van der Waals surface area contributed by atoms with Gasteiger partial charge in [0.05, 0.1) is 23.5 Å². The summed E-state index contributed by atoms with van der Waals surface area (Å²) in [6.45, 7) is 0.244. The van der Waals surface area contributed by atoms with Gasteiger partial charge in [0, 0.05) is 17.1 Å². The second kappa shape index (κ2) is 7.26. The summed E-state index contributed by atoms with van der Waals surface area (Å²) >= 11 is 0. The van der Waals surface area contributed by atoms with E-state index in [1.54, 1.807) is 13.0 Å². The van der Waals surface area contributed by atoms with Crippen LogP contribution in [-0.4, -0.2) is 28.7 Å². The number of hydrogen-bond donors (Lipinski definition) is 2. The fourth-order valence-electron chi connectivity index (χ4n) is 2.57. The number of fused-ring (bicyclic) bond motifs is 1. The van der Waals surface area contributed by atoms with E-state index in [1.807, 2.05) is 0 Å². The first-order valence-electron chi connectivity index (χ1n) is 7.96. The number of halogens is 4. The number of benzene rings is 1. The minimum atomic E-state index is -4.44. The highest BCUT2D eigenvalue weighted by Gasteiger charge is 2.28. The number of amides is 1. The number of nitrogens with zero attached hydrogens (tertiary/aromatic N) is 1. The predicted molar refractivity (Wildman–Crippen MR) is 89.9 cm³/mol. The minimum absolute atomic E-state index is 0.0340. The molecule has 0 aliphatic carbocycles. The zero-order valence-corrected chi connectivity index (χ0v) is 14.1. The number of carbonyl (C=O) groups excluding carboxylic acids is 1. The molecule has 0 fully saturated rings. The lowest BCUT2D eigenvalue weighted by atomic mass is 10.1. The summed E-state index contributed by atoms with van der Waals surface area (Å²) in [5.74, 6) is -1.05. The van der Waals surface area contributed by atoms with Crippen molar-refractivity contribution in [1.82, 2.24) is 15.3 Å². The second-order valence-electron chi connectivity index (χ2n) is 5.88. The summed E-state index contributed by atoms with van der Waals surface area (Å²) in [5, 5.41) is 2.87. The molecule has 0 spiro atoms. The Morgan fingerprint density at radius 2 is 2.07 bits per heavy atom. The quantitative estimate of drug-likeness (QED) is 0.653. The van der Waals surface area contributed by atoms with E-state index in [0.717, 1.165) is 6.20 Å². The van der Waals surface area contributed by atoms with Gasteiger partial charge in [0.25, 0.3) is 5.91 Å². The van der Waals surface area contributed by atoms with Crippen molar-refractivity contribution in [2.75, 3.05) is 6.61 Å². The van der Waals surface area contributed by atoms with Gasteiger partial charge in [-0.25, -0.2) is 4.39 Å².